The van der Waals surface area contributed by atoms with Gasteiger partial charge in [-0.3, -0.25) is 4.68 Å². The summed E-state index contributed by atoms with van der Waals surface area (Å²) in [5.41, 5.74) is 2.91. The third-order valence-corrected chi connectivity index (χ3v) is 5.05. The summed E-state index contributed by atoms with van der Waals surface area (Å²) in [6, 6.07) is 2.24. The van der Waals surface area contributed by atoms with Crippen LogP contribution in [0.1, 0.15) is 51.9 Å². The molecule has 0 radical (unpaired) electrons. The fourth-order valence-corrected chi connectivity index (χ4v) is 2.20. The Kier molecular flexibility index (Phi) is 5.23. The lowest BCUT2D eigenvalue weighted by molar-refractivity contribution is 0.379. The largest absolute Gasteiger partial charge is 0.272 e. The SMILES string of the molecule is CCc1cc(CCCC(Br)C(C)(C)C)n(C)n1. The summed E-state index contributed by atoms with van der Waals surface area (Å²) >= 11 is 3.79. The van der Waals surface area contributed by atoms with Crippen LogP contribution < -0.4 is 0 Å². The van der Waals surface area contributed by atoms with Crippen molar-refractivity contribution in [2.24, 2.45) is 12.5 Å². The summed E-state index contributed by atoms with van der Waals surface area (Å²) < 4.78 is 2.03. The highest BCUT2D eigenvalue weighted by Gasteiger charge is 2.21. The molecular weight excluding hydrogens is 276 g/mol. The lowest BCUT2D eigenvalue weighted by atomic mass is 9.89. The molecule has 0 fully saturated rings. The summed E-state index contributed by atoms with van der Waals surface area (Å²) in [5.74, 6) is 0. The van der Waals surface area contributed by atoms with Gasteiger partial charge in [-0.2, -0.15) is 5.10 Å². The molecule has 1 unspecified atom stereocenters. The van der Waals surface area contributed by atoms with Gasteiger partial charge in [-0.1, -0.05) is 43.6 Å². The molecule has 1 aromatic heterocycles. The van der Waals surface area contributed by atoms with Crippen molar-refractivity contribution in [2.45, 2.75) is 58.2 Å². The molecule has 17 heavy (non-hydrogen) atoms. The van der Waals surface area contributed by atoms with E-state index in [1.54, 1.807) is 0 Å². The highest BCUT2D eigenvalue weighted by Crippen LogP contribution is 2.29. The Labute approximate surface area is 114 Å². The lowest BCUT2D eigenvalue weighted by Gasteiger charge is -2.25. The maximum atomic E-state index is 4.48. The Morgan fingerprint density at radius 1 is 1.41 bits per heavy atom. The molecular formula is C14H25BrN2. The normalized spacial score (nSPS) is 14.0. The zero-order chi connectivity index (χ0) is 13.1. The van der Waals surface area contributed by atoms with Crippen LogP contribution in [0.15, 0.2) is 6.07 Å². The number of aryl methyl sites for hydroxylation is 3. The average Bonchev–Trinajstić information content (AvgIpc) is 2.58. The minimum Gasteiger partial charge on any atom is -0.272 e. The van der Waals surface area contributed by atoms with E-state index in [-0.39, 0.29) is 0 Å². The monoisotopic (exact) mass is 300 g/mol. The molecule has 0 saturated carbocycles. The number of hydrogen-bond acceptors (Lipinski definition) is 1. The first-order valence-corrected chi connectivity index (χ1v) is 7.42. The summed E-state index contributed by atoms with van der Waals surface area (Å²) in [4.78, 5) is 0.592. The second-order valence-corrected chi connectivity index (χ2v) is 6.94. The number of alkyl halides is 1. The minimum atomic E-state index is 0.348. The molecule has 0 aliphatic carbocycles. The van der Waals surface area contributed by atoms with Crippen LogP contribution in [-0.4, -0.2) is 14.6 Å². The fourth-order valence-electron chi connectivity index (χ4n) is 1.87. The molecule has 0 aromatic carbocycles. The van der Waals surface area contributed by atoms with Crippen molar-refractivity contribution in [3.05, 3.63) is 17.5 Å². The van der Waals surface area contributed by atoms with Gasteiger partial charge in [-0.15, -0.1) is 0 Å². The molecule has 0 spiro atoms. The van der Waals surface area contributed by atoms with E-state index in [0.29, 0.717) is 10.2 Å². The summed E-state index contributed by atoms with van der Waals surface area (Å²) in [5, 5.41) is 4.48. The highest BCUT2D eigenvalue weighted by atomic mass is 79.9. The molecule has 1 aromatic rings. The average molecular weight is 301 g/mol. The van der Waals surface area contributed by atoms with E-state index in [4.69, 9.17) is 0 Å². The van der Waals surface area contributed by atoms with Gasteiger partial charge in [0.1, 0.15) is 0 Å². The molecule has 2 nitrogen and oxygen atoms in total. The topological polar surface area (TPSA) is 17.8 Å². The Balaban J connectivity index is 2.43. The third kappa shape index (κ3) is 4.46. The van der Waals surface area contributed by atoms with Crippen LogP contribution in [0, 0.1) is 5.41 Å². The summed E-state index contributed by atoms with van der Waals surface area (Å²) in [6.07, 6.45) is 4.59. The van der Waals surface area contributed by atoms with Crippen molar-refractivity contribution in [1.29, 1.82) is 0 Å². The van der Waals surface area contributed by atoms with Gasteiger partial charge in [0, 0.05) is 17.6 Å². The van der Waals surface area contributed by atoms with Gasteiger partial charge < -0.3 is 0 Å². The number of rotatable bonds is 5. The van der Waals surface area contributed by atoms with E-state index in [9.17, 15) is 0 Å². The Morgan fingerprint density at radius 2 is 2.06 bits per heavy atom. The second-order valence-electron chi connectivity index (χ2n) is 5.83. The van der Waals surface area contributed by atoms with E-state index >= 15 is 0 Å². The molecule has 1 rings (SSSR count). The molecule has 0 aliphatic rings. The predicted octanol–water partition coefficient (Wildman–Crippen LogP) is 4.11. The molecule has 3 heteroatoms. The maximum Gasteiger partial charge on any atom is 0.0624 e. The fraction of sp³-hybridized carbons (Fsp3) is 0.786. The number of aromatic nitrogens is 2. The number of nitrogens with zero attached hydrogens (tertiary/aromatic N) is 2. The Hall–Kier alpha value is -0.310. The Morgan fingerprint density at radius 3 is 2.53 bits per heavy atom. The van der Waals surface area contributed by atoms with E-state index in [1.165, 1.54) is 24.2 Å². The molecule has 0 saturated heterocycles. The van der Waals surface area contributed by atoms with Gasteiger partial charge in [0.25, 0.3) is 0 Å². The molecule has 1 atom stereocenters. The van der Waals surface area contributed by atoms with Crippen LogP contribution in [-0.2, 0) is 19.9 Å². The zero-order valence-corrected chi connectivity index (χ0v) is 13.3. The third-order valence-electron chi connectivity index (χ3n) is 3.22. The number of hydrogen-bond donors (Lipinski definition) is 0. The summed E-state index contributed by atoms with van der Waals surface area (Å²) in [6.45, 7) is 9.00. The highest BCUT2D eigenvalue weighted by molar-refractivity contribution is 9.09. The van der Waals surface area contributed by atoms with E-state index in [0.717, 1.165) is 12.8 Å². The smallest absolute Gasteiger partial charge is 0.0624 e. The van der Waals surface area contributed by atoms with Gasteiger partial charge in [-0.05, 0) is 37.2 Å². The van der Waals surface area contributed by atoms with Crippen molar-refractivity contribution in [3.8, 4) is 0 Å². The second kappa shape index (κ2) is 6.03. The standard InChI is InChI=1S/C14H25BrN2/c1-6-11-10-12(17(5)16-11)8-7-9-13(15)14(2,3)4/h10,13H,6-9H2,1-5H3. The minimum absolute atomic E-state index is 0.348. The van der Waals surface area contributed by atoms with E-state index in [2.05, 4.69) is 54.8 Å². The first-order valence-electron chi connectivity index (χ1n) is 6.50. The molecule has 0 amide bonds. The molecule has 98 valence electrons. The van der Waals surface area contributed by atoms with Gasteiger partial charge in [-0.25, -0.2) is 0 Å². The molecule has 0 aliphatic heterocycles. The molecule has 0 N–H and O–H groups in total. The van der Waals surface area contributed by atoms with Crippen LogP contribution in [0.4, 0.5) is 0 Å². The van der Waals surface area contributed by atoms with Crippen LogP contribution in [0.25, 0.3) is 0 Å². The van der Waals surface area contributed by atoms with E-state index < -0.39 is 0 Å². The van der Waals surface area contributed by atoms with Gasteiger partial charge in [0.05, 0.1) is 5.69 Å². The predicted molar refractivity (Wildman–Crippen MR) is 77.7 cm³/mol. The van der Waals surface area contributed by atoms with Crippen LogP contribution >= 0.6 is 15.9 Å². The summed E-state index contributed by atoms with van der Waals surface area (Å²) in [7, 11) is 2.05. The quantitative estimate of drug-likeness (QED) is 0.748. The van der Waals surface area contributed by atoms with Gasteiger partial charge in [0.2, 0.25) is 0 Å². The van der Waals surface area contributed by atoms with Gasteiger partial charge >= 0.3 is 0 Å². The molecule has 0 bridgehead atoms. The van der Waals surface area contributed by atoms with E-state index in [1.807, 2.05) is 11.7 Å². The first-order chi connectivity index (χ1) is 7.84. The van der Waals surface area contributed by atoms with Gasteiger partial charge in [0.15, 0.2) is 0 Å². The lowest BCUT2D eigenvalue weighted by Crippen LogP contribution is -2.20. The van der Waals surface area contributed by atoms with Crippen LogP contribution in [0.5, 0.6) is 0 Å². The zero-order valence-electron chi connectivity index (χ0n) is 11.8. The van der Waals surface area contributed by atoms with Crippen LogP contribution in [0.2, 0.25) is 0 Å². The number of halogens is 1. The van der Waals surface area contributed by atoms with Crippen molar-refractivity contribution >= 4 is 15.9 Å². The van der Waals surface area contributed by atoms with Crippen molar-refractivity contribution in [3.63, 3.8) is 0 Å². The maximum absolute atomic E-state index is 4.48. The molecule has 1 heterocycles. The van der Waals surface area contributed by atoms with Crippen molar-refractivity contribution in [1.82, 2.24) is 9.78 Å². The Bertz CT molecular complexity index is 350. The van der Waals surface area contributed by atoms with Crippen molar-refractivity contribution in [2.75, 3.05) is 0 Å². The van der Waals surface area contributed by atoms with Crippen molar-refractivity contribution < 1.29 is 0 Å². The first kappa shape index (κ1) is 14.7. The van der Waals surface area contributed by atoms with Crippen LogP contribution in [0.3, 0.4) is 0 Å².